The van der Waals surface area contributed by atoms with Crippen LogP contribution >= 0.6 is 0 Å². The number of carbonyl (C=O) groups excluding carboxylic acids is 1. The topological polar surface area (TPSA) is 101 Å². The molecule has 7 nitrogen and oxygen atoms in total. The van der Waals surface area contributed by atoms with Gasteiger partial charge in [0.05, 0.1) is 24.3 Å². The van der Waals surface area contributed by atoms with Crippen LogP contribution in [-0.2, 0) is 30.8 Å². The number of methoxy groups -OCH3 is 1. The summed E-state index contributed by atoms with van der Waals surface area (Å²) in [6.07, 6.45) is 0.512. The molecule has 0 radical (unpaired) electrons. The second-order valence-corrected chi connectivity index (χ2v) is 7.93. The summed E-state index contributed by atoms with van der Waals surface area (Å²) in [5.74, 6) is -3.30. The zero-order chi connectivity index (χ0) is 18.8. The minimum absolute atomic E-state index is 0.0286. The normalized spacial score (nSPS) is 21.7. The number of hydrogen-bond donors (Lipinski definition) is 1. The summed E-state index contributed by atoms with van der Waals surface area (Å²) in [5, 5.41) is 9.14. The smallest absolute Gasteiger partial charge is 0.310 e. The van der Waals surface area contributed by atoms with Gasteiger partial charge in [-0.3, -0.25) is 9.59 Å². The molecule has 1 aliphatic rings. The molecule has 2 atom stereocenters. The van der Waals surface area contributed by atoms with E-state index in [2.05, 4.69) is 4.74 Å². The molecule has 1 heterocycles. The highest BCUT2D eigenvalue weighted by molar-refractivity contribution is 7.89. The summed E-state index contributed by atoms with van der Waals surface area (Å²) in [5.41, 5.74) is 0.0286. The highest BCUT2D eigenvalue weighted by atomic mass is 32.2. The Kier molecular flexibility index (Phi) is 5.79. The average Bonchev–Trinajstić information content (AvgIpc) is 2.56. The Bertz CT molecular complexity index is 779. The number of carboxylic acid groups (broad SMARTS) is 1. The van der Waals surface area contributed by atoms with Gasteiger partial charge >= 0.3 is 11.9 Å². The first kappa shape index (κ1) is 19.3. The van der Waals surface area contributed by atoms with E-state index in [9.17, 15) is 22.4 Å². The van der Waals surface area contributed by atoms with Crippen LogP contribution < -0.4 is 0 Å². The lowest BCUT2D eigenvalue weighted by molar-refractivity contribution is -0.143. The Morgan fingerprint density at radius 1 is 1.36 bits per heavy atom. The molecule has 25 heavy (non-hydrogen) atoms. The van der Waals surface area contributed by atoms with Gasteiger partial charge in [0.15, 0.2) is 0 Å². The van der Waals surface area contributed by atoms with Gasteiger partial charge in [0.1, 0.15) is 5.82 Å². The molecule has 1 saturated heterocycles. The van der Waals surface area contributed by atoms with Crippen LogP contribution in [0.25, 0.3) is 0 Å². The third-order valence-electron chi connectivity index (χ3n) is 4.37. The number of esters is 1. The van der Waals surface area contributed by atoms with E-state index in [-0.39, 0.29) is 29.5 Å². The number of nitrogens with zero attached hydrogens (tertiary/aromatic N) is 1. The fourth-order valence-corrected chi connectivity index (χ4v) is 4.52. The molecule has 0 bridgehead atoms. The summed E-state index contributed by atoms with van der Waals surface area (Å²) in [6.45, 7) is 1.54. The van der Waals surface area contributed by atoms with E-state index in [1.807, 2.05) is 0 Å². The summed E-state index contributed by atoms with van der Waals surface area (Å²) in [7, 11) is -2.86. The monoisotopic (exact) mass is 373 g/mol. The standard InChI is InChI=1S/C16H20FNO6S/c1-10-3-4-12(16(20)21)9-18(10)25(22,23)13-6-5-11(14(17)8-13)7-15(19)24-2/h5-6,8,10,12H,3-4,7,9H2,1-2H3,(H,20,21). The van der Waals surface area contributed by atoms with Gasteiger partial charge in [0.2, 0.25) is 10.0 Å². The lowest BCUT2D eigenvalue weighted by Crippen LogP contribution is -2.47. The van der Waals surface area contributed by atoms with Crippen molar-refractivity contribution in [3.05, 3.63) is 29.6 Å². The molecule has 0 saturated carbocycles. The fraction of sp³-hybridized carbons (Fsp3) is 0.500. The molecule has 9 heteroatoms. The van der Waals surface area contributed by atoms with E-state index < -0.39 is 33.7 Å². The number of rotatable bonds is 5. The van der Waals surface area contributed by atoms with E-state index >= 15 is 0 Å². The first-order valence-electron chi connectivity index (χ1n) is 7.76. The van der Waals surface area contributed by atoms with Crippen molar-refractivity contribution in [1.29, 1.82) is 0 Å². The van der Waals surface area contributed by atoms with E-state index in [1.54, 1.807) is 6.92 Å². The lowest BCUT2D eigenvalue weighted by Gasteiger charge is -2.35. The lowest BCUT2D eigenvalue weighted by atomic mass is 9.96. The molecule has 2 unspecified atom stereocenters. The second-order valence-electron chi connectivity index (χ2n) is 6.04. The van der Waals surface area contributed by atoms with E-state index in [0.29, 0.717) is 12.8 Å². The van der Waals surface area contributed by atoms with Gasteiger partial charge in [-0.25, -0.2) is 12.8 Å². The van der Waals surface area contributed by atoms with Crippen LogP contribution in [-0.4, -0.2) is 49.5 Å². The Morgan fingerprint density at radius 2 is 2.04 bits per heavy atom. The number of ether oxygens (including phenoxy) is 1. The van der Waals surface area contributed by atoms with Gasteiger partial charge < -0.3 is 9.84 Å². The SMILES string of the molecule is COC(=O)Cc1ccc(S(=O)(=O)N2CC(C(=O)O)CCC2C)cc1F. The zero-order valence-electron chi connectivity index (χ0n) is 13.9. The minimum Gasteiger partial charge on any atom is -0.481 e. The molecule has 1 aromatic rings. The third kappa shape index (κ3) is 4.16. The van der Waals surface area contributed by atoms with Gasteiger partial charge in [-0.05, 0) is 37.5 Å². The maximum atomic E-state index is 14.2. The van der Waals surface area contributed by atoms with Crippen molar-refractivity contribution in [2.75, 3.05) is 13.7 Å². The van der Waals surface area contributed by atoms with Crippen LogP contribution in [0, 0.1) is 11.7 Å². The third-order valence-corrected chi connectivity index (χ3v) is 6.34. The Morgan fingerprint density at radius 3 is 2.60 bits per heavy atom. The summed E-state index contributed by atoms with van der Waals surface area (Å²) >= 11 is 0. The van der Waals surface area contributed by atoms with E-state index in [1.165, 1.54) is 19.2 Å². The quantitative estimate of drug-likeness (QED) is 0.784. The van der Waals surface area contributed by atoms with Gasteiger partial charge in [0.25, 0.3) is 0 Å². The summed E-state index contributed by atoms with van der Waals surface area (Å²) < 4.78 is 45.3. The molecule has 0 spiro atoms. The Labute approximate surface area is 145 Å². The number of aliphatic carboxylic acids is 1. The second kappa shape index (κ2) is 7.49. The molecule has 0 aromatic heterocycles. The zero-order valence-corrected chi connectivity index (χ0v) is 14.8. The maximum Gasteiger partial charge on any atom is 0.310 e. The van der Waals surface area contributed by atoms with Crippen molar-refractivity contribution in [3.8, 4) is 0 Å². The molecule has 138 valence electrons. The van der Waals surface area contributed by atoms with Crippen molar-refractivity contribution in [2.45, 2.75) is 37.1 Å². The molecule has 1 N–H and O–H groups in total. The van der Waals surface area contributed by atoms with Gasteiger partial charge in [-0.1, -0.05) is 6.07 Å². The number of carboxylic acids is 1. The fourth-order valence-electron chi connectivity index (χ4n) is 2.81. The van der Waals surface area contributed by atoms with Crippen LogP contribution in [0.2, 0.25) is 0 Å². The van der Waals surface area contributed by atoms with Gasteiger partial charge in [-0.15, -0.1) is 0 Å². The van der Waals surface area contributed by atoms with Crippen molar-refractivity contribution >= 4 is 22.0 Å². The molecule has 0 aliphatic carbocycles. The first-order valence-corrected chi connectivity index (χ1v) is 9.20. The van der Waals surface area contributed by atoms with E-state index in [4.69, 9.17) is 5.11 Å². The van der Waals surface area contributed by atoms with Crippen LogP contribution in [0.4, 0.5) is 4.39 Å². The molecule has 0 amide bonds. The Balaban J connectivity index is 2.30. The summed E-state index contributed by atoms with van der Waals surface area (Å²) in [4.78, 5) is 22.1. The number of carbonyl (C=O) groups is 2. The molecular weight excluding hydrogens is 353 g/mol. The molecule has 2 rings (SSSR count). The predicted octanol–water partition coefficient (Wildman–Crippen LogP) is 1.41. The van der Waals surface area contributed by atoms with Crippen LogP contribution in [0.5, 0.6) is 0 Å². The van der Waals surface area contributed by atoms with Crippen molar-refractivity contribution in [2.24, 2.45) is 5.92 Å². The number of halogens is 1. The predicted molar refractivity (Wildman–Crippen MR) is 85.8 cm³/mol. The number of piperidine rings is 1. The van der Waals surface area contributed by atoms with Crippen LogP contribution in [0.15, 0.2) is 23.1 Å². The van der Waals surface area contributed by atoms with Crippen LogP contribution in [0.3, 0.4) is 0 Å². The molecule has 1 aromatic carbocycles. The molecular formula is C16H20FNO6S. The highest BCUT2D eigenvalue weighted by Gasteiger charge is 2.37. The van der Waals surface area contributed by atoms with Crippen molar-refractivity contribution in [3.63, 3.8) is 0 Å². The summed E-state index contributed by atoms with van der Waals surface area (Å²) in [6, 6.07) is 2.92. The first-order chi connectivity index (χ1) is 11.7. The largest absolute Gasteiger partial charge is 0.481 e. The van der Waals surface area contributed by atoms with Crippen molar-refractivity contribution < 1.29 is 32.2 Å². The van der Waals surface area contributed by atoms with Gasteiger partial charge in [-0.2, -0.15) is 4.31 Å². The number of benzene rings is 1. The van der Waals surface area contributed by atoms with Crippen molar-refractivity contribution in [1.82, 2.24) is 4.31 Å². The minimum atomic E-state index is -4.04. The number of hydrogen-bond acceptors (Lipinski definition) is 5. The number of sulfonamides is 1. The molecule has 1 aliphatic heterocycles. The van der Waals surface area contributed by atoms with E-state index in [0.717, 1.165) is 10.4 Å². The maximum absolute atomic E-state index is 14.2. The highest BCUT2D eigenvalue weighted by Crippen LogP contribution is 2.29. The Hall–Kier alpha value is -2.00. The van der Waals surface area contributed by atoms with Crippen LogP contribution in [0.1, 0.15) is 25.3 Å². The average molecular weight is 373 g/mol. The van der Waals surface area contributed by atoms with Gasteiger partial charge in [0, 0.05) is 12.6 Å². The molecule has 1 fully saturated rings.